The number of ether oxygens (including phenoxy) is 2. The van der Waals surface area contributed by atoms with E-state index in [4.69, 9.17) is 21.1 Å². The Labute approximate surface area is 116 Å². The van der Waals surface area contributed by atoms with E-state index in [-0.39, 0.29) is 0 Å². The Morgan fingerprint density at radius 2 is 1.84 bits per heavy atom. The molecule has 0 N–H and O–H groups in total. The molecule has 2 rings (SSSR count). The fourth-order valence-corrected chi connectivity index (χ4v) is 1.89. The van der Waals surface area contributed by atoms with Gasteiger partial charge in [-0.3, -0.25) is 0 Å². The van der Waals surface area contributed by atoms with E-state index < -0.39 is 5.97 Å². The average Bonchev–Trinajstić information content (AvgIpc) is 2.38. The highest BCUT2D eigenvalue weighted by Crippen LogP contribution is 2.35. The van der Waals surface area contributed by atoms with E-state index in [0.717, 1.165) is 10.8 Å². The molecule has 0 radical (unpaired) electrons. The Bertz CT molecular complexity index is 662. The zero-order valence-electron chi connectivity index (χ0n) is 10.7. The fourth-order valence-electron chi connectivity index (χ4n) is 1.72. The van der Waals surface area contributed by atoms with Crippen molar-refractivity contribution in [2.24, 2.45) is 0 Å². The first-order valence-electron chi connectivity index (χ1n) is 5.67. The van der Waals surface area contributed by atoms with Crippen molar-refractivity contribution < 1.29 is 14.3 Å². The van der Waals surface area contributed by atoms with Crippen LogP contribution in [0.5, 0.6) is 11.5 Å². The van der Waals surface area contributed by atoms with Crippen LogP contribution in [-0.4, -0.2) is 13.1 Å². The molecule has 0 aliphatic carbocycles. The Hall–Kier alpha value is -2.00. The molecule has 0 saturated heterocycles. The number of methoxy groups -OCH3 is 1. The SMILES string of the molecule is C=C(C)C(=O)Oc1ccc(OC)c2cc(Cl)ccc12. The molecule has 0 unspecified atom stereocenters. The van der Waals surface area contributed by atoms with Gasteiger partial charge in [0.1, 0.15) is 11.5 Å². The molecule has 0 bridgehead atoms. The topological polar surface area (TPSA) is 35.5 Å². The molecule has 0 saturated carbocycles. The molecule has 0 aromatic heterocycles. The maximum atomic E-state index is 11.6. The maximum absolute atomic E-state index is 11.6. The van der Waals surface area contributed by atoms with Crippen LogP contribution in [0.2, 0.25) is 5.02 Å². The third-order valence-corrected chi connectivity index (χ3v) is 2.90. The second kappa shape index (κ2) is 5.33. The first-order valence-corrected chi connectivity index (χ1v) is 6.04. The number of esters is 1. The van der Waals surface area contributed by atoms with Crippen molar-refractivity contribution in [2.45, 2.75) is 6.92 Å². The number of rotatable bonds is 3. The van der Waals surface area contributed by atoms with Gasteiger partial charge in [0.2, 0.25) is 0 Å². The number of halogens is 1. The largest absolute Gasteiger partial charge is 0.496 e. The smallest absolute Gasteiger partial charge is 0.338 e. The van der Waals surface area contributed by atoms with E-state index in [1.54, 1.807) is 44.4 Å². The Kier molecular flexibility index (Phi) is 3.76. The van der Waals surface area contributed by atoms with E-state index >= 15 is 0 Å². The van der Waals surface area contributed by atoms with Crippen LogP contribution in [0.15, 0.2) is 42.5 Å². The van der Waals surface area contributed by atoms with Crippen molar-refractivity contribution in [1.29, 1.82) is 0 Å². The van der Waals surface area contributed by atoms with Gasteiger partial charge in [-0.2, -0.15) is 0 Å². The Morgan fingerprint density at radius 1 is 1.16 bits per heavy atom. The summed E-state index contributed by atoms with van der Waals surface area (Å²) in [5, 5.41) is 2.15. The molecular formula is C15H13ClO3. The van der Waals surface area contributed by atoms with Crippen LogP contribution in [0.1, 0.15) is 6.92 Å². The standard InChI is InChI=1S/C15H13ClO3/c1-9(2)15(17)19-14-7-6-13(18-3)12-8-10(16)4-5-11(12)14/h4-8H,1H2,2-3H3. The summed E-state index contributed by atoms with van der Waals surface area (Å²) < 4.78 is 10.6. The minimum atomic E-state index is -0.457. The minimum absolute atomic E-state index is 0.345. The zero-order chi connectivity index (χ0) is 14.0. The summed E-state index contributed by atoms with van der Waals surface area (Å²) in [6.45, 7) is 5.16. The molecule has 3 nitrogen and oxygen atoms in total. The number of benzene rings is 2. The van der Waals surface area contributed by atoms with Crippen molar-refractivity contribution in [3.63, 3.8) is 0 Å². The average molecular weight is 277 g/mol. The summed E-state index contributed by atoms with van der Waals surface area (Å²) in [5.74, 6) is 0.675. The van der Waals surface area contributed by atoms with Gasteiger partial charge < -0.3 is 9.47 Å². The molecule has 0 spiro atoms. The molecule has 0 aliphatic rings. The predicted octanol–water partition coefficient (Wildman–Crippen LogP) is 3.98. The van der Waals surface area contributed by atoms with Crippen molar-refractivity contribution in [3.8, 4) is 11.5 Å². The Morgan fingerprint density at radius 3 is 2.47 bits per heavy atom. The lowest BCUT2D eigenvalue weighted by Gasteiger charge is -2.11. The first kappa shape index (κ1) is 13.4. The lowest BCUT2D eigenvalue weighted by atomic mass is 10.1. The van der Waals surface area contributed by atoms with E-state index in [2.05, 4.69) is 6.58 Å². The van der Waals surface area contributed by atoms with Gasteiger partial charge in [-0.1, -0.05) is 18.2 Å². The molecule has 0 atom stereocenters. The van der Waals surface area contributed by atoms with E-state index in [9.17, 15) is 4.79 Å². The van der Waals surface area contributed by atoms with Gasteiger partial charge in [0, 0.05) is 21.4 Å². The van der Waals surface area contributed by atoms with Gasteiger partial charge in [0.25, 0.3) is 0 Å². The molecule has 98 valence electrons. The van der Waals surface area contributed by atoms with Gasteiger partial charge >= 0.3 is 5.97 Å². The van der Waals surface area contributed by atoms with Crippen LogP contribution in [0.25, 0.3) is 10.8 Å². The van der Waals surface area contributed by atoms with E-state index in [1.807, 2.05) is 0 Å². The van der Waals surface area contributed by atoms with E-state index in [1.165, 1.54) is 0 Å². The summed E-state index contributed by atoms with van der Waals surface area (Å²) in [6.07, 6.45) is 0. The van der Waals surface area contributed by atoms with Crippen molar-refractivity contribution in [2.75, 3.05) is 7.11 Å². The second-order valence-electron chi connectivity index (χ2n) is 4.13. The molecule has 0 fully saturated rings. The highest BCUT2D eigenvalue weighted by Gasteiger charge is 2.12. The predicted molar refractivity (Wildman–Crippen MR) is 76.0 cm³/mol. The lowest BCUT2D eigenvalue weighted by Crippen LogP contribution is -2.08. The van der Waals surface area contributed by atoms with Gasteiger partial charge in [0.05, 0.1) is 7.11 Å². The highest BCUT2D eigenvalue weighted by atomic mass is 35.5. The van der Waals surface area contributed by atoms with Crippen LogP contribution >= 0.6 is 11.6 Å². The van der Waals surface area contributed by atoms with E-state index in [0.29, 0.717) is 22.1 Å². The number of carbonyl (C=O) groups excluding carboxylic acids is 1. The molecule has 0 aliphatic heterocycles. The third-order valence-electron chi connectivity index (χ3n) is 2.67. The number of hydrogen-bond acceptors (Lipinski definition) is 3. The first-order chi connectivity index (χ1) is 9.02. The highest BCUT2D eigenvalue weighted by molar-refractivity contribution is 6.31. The molecular weight excluding hydrogens is 264 g/mol. The van der Waals surface area contributed by atoms with Gasteiger partial charge in [-0.15, -0.1) is 0 Å². The quantitative estimate of drug-likeness (QED) is 0.483. The summed E-state index contributed by atoms with van der Waals surface area (Å²) in [6, 6.07) is 8.73. The Balaban J connectivity index is 2.57. The minimum Gasteiger partial charge on any atom is -0.496 e. The van der Waals surface area contributed by atoms with Crippen LogP contribution in [-0.2, 0) is 4.79 Å². The van der Waals surface area contributed by atoms with Gasteiger partial charge in [-0.25, -0.2) is 4.79 Å². The molecule has 0 heterocycles. The third kappa shape index (κ3) is 2.71. The van der Waals surface area contributed by atoms with Crippen LogP contribution in [0.3, 0.4) is 0 Å². The van der Waals surface area contributed by atoms with Crippen molar-refractivity contribution >= 4 is 28.3 Å². The van der Waals surface area contributed by atoms with Gasteiger partial charge in [0.15, 0.2) is 0 Å². The summed E-state index contributed by atoms with van der Waals surface area (Å²) in [5.41, 5.74) is 0.345. The lowest BCUT2D eigenvalue weighted by molar-refractivity contribution is -0.129. The summed E-state index contributed by atoms with van der Waals surface area (Å²) >= 11 is 5.98. The van der Waals surface area contributed by atoms with Crippen LogP contribution in [0.4, 0.5) is 0 Å². The molecule has 2 aromatic rings. The van der Waals surface area contributed by atoms with Crippen molar-refractivity contribution in [3.05, 3.63) is 47.5 Å². The molecule has 19 heavy (non-hydrogen) atoms. The van der Waals surface area contributed by atoms with Crippen LogP contribution in [0, 0.1) is 0 Å². The van der Waals surface area contributed by atoms with Crippen molar-refractivity contribution in [1.82, 2.24) is 0 Å². The summed E-state index contributed by atoms with van der Waals surface area (Å²) in [4.78, 5) is 11.6. The molecule has 2 aromatic carbocycles. The number of hydrogen-bond donors (Lipinski definition) is 0. The maximum Gasteiger partial charge on any atom is 0.338 e. The normalized spacial score (nSPS) is 10.3. The molecule has 0 amide bonds. The number of carbonyl (C=O) groups is 1. The van der Waals surface area contributed by atoms with Gasteiger partial charge in [-0.05, 0) is 37.3 Å². The fraction of sp³-hybridized carbons (Fsp3) is 0.133. The monoisotopic (exact) mass is 276 g/mol. The zero-order valence-corrected chi connectivity index (χ0v) is 11.5. The number of fused-ring (bicyclic) bond motifs is 1. The molecule has 4 heteroatoms. The van der Waals surface area contributed by atoms with Crippen LogP contribution < -0.4 is 9.47 Å². The second-order valence-corrected chi connectivity index (χ2v) is 4.56. The summed E-state index contributed by atoms with van der Waals surface area (Å²) in [7, 11) is 1.58.